The third-order valence-electron chi connectivity index (χ3n) is 3.14. The highest BCUT2D eigenvalue weighted by atomic mass is 16.2. The molecule has 1 saturated heterocycles. The zero-order valence-corrected chi connectivity index (χ0v) is 10.1. The molecule has 0 unspecified atom stereocenters. The first-order valence-corrected chi connectivity index (χ1v) is 6.24. The van der Waals surface area contributed by atoms with Crippen molar-refractivity contribution in [2.45, 2.75) is 38.6 Å². The summed E-state index contributed by atoms with van der Waals surface area (Å²) in [7, 11) is 0. The number of amides is 1. The summed E-state index contributed by atoms with van der Waals surface area (Å²) in [5.74, 6) is 0.786. The fraction of sp³-hybridized carbons (Fsp3) is 0.538. The van der Waals surface area contributed by atoms with Gasteiger partial charge >= 0.3 is 0 Å². The minimum absolute atomic E-state index is 0.265. The molecule has 0 radical (unpaired) electrons. The van der Waals surface area contributed by atoms with Gasteiger partial charge < -0.3 is 10.6 Å². The van der Waals surface area contributed by atoms with Crippen molar-refractivity contribution in [3.8, 4) is 0 Å². The van der Waals surface area contributed by atoms with Gasteiger partial charge in [0.1, 0.15) is 5.82 Å². The number of nitrogens with two attached hydrogens (primary N) is 1. The number of nitrogen functional groups attached to an aromatic ring is 1. The van der Waals surface area contributed by atoms with Gasteiger partial charge in [-0.05, 0) is 24.5 Å². The van der Waals surface area contributed by atoms with Crippen LogP contribution in [-0.4, -0.2) is 22.3 Å². The maximum atomic E-state index is 11.9. The molecule has 4 heteroatoms. The fourth-order valence-electron chi connectivity index (χ4n) is 2.13. The number of carbonyl (C=O) groups excluding carboxylic acids is 1. The first-order valence-electron chi connectivity index (χ1n) is 6.24. The van der Waals surface area contributed by atoms with E-state index in [0.717, 1.165) is 24.9 Å². The van der Waals surface area contributed by atoms with Crippen molar-refractivity contribution in [2.75, 3.05) is 12.3 Å². The summed E-state index contributed by atoms with van der Waals surface area (Å²) in [6, 6.07) is 3.72. The number of rotatable bonds is 2. The molecule has 92 valence electrons. The van der Waals surface area contributed by atoms with Crippen molar-refractivity contribution in [1.29, 1.82) is 0 Å². The predicted molar refractivity (Wildman–Crippen MR) is 67.2 cm³/mol. The van der Waals surface area contributed by atoms with Crippen LogP contribution >= 0.6 is 0 Å². The third kappa shape index (κ3) is 3.44. The summed E-state index contributed by atoms with van der Waals surface area (Å²) in [6.07, 6.45) is 6.97. The lowest BCUT2D eigenvalue weighted by Gasteiger charge is -2.24. The Morgan fingerprint density at radius 3 is 2.82 bits per heavy atom. The fourth-order valence-corrected chi connectivity index (χ4v) is 2.13. The molecule has 2 N–H and O–H groups in total. The summed E-state index contributed by atoms with van der Waals surface area (Å²) < 4.78 is 0. The second kappa shape index (κ2) is 5.66. The average molecular weight is 233 g/mol. The highest BCUT2D eigenvalue weighted by molar-refractivity contribution is 5.76. The topological polar surface area (TPSA) is 59.2 Å². The maximum absolute atomic E-state index is 11.9. The largest absolute Gasteiger partial charge is 0.384 e. The van der Waals surface area contributed by atoms with Gasteiger partial charge in [0.2, 0.25) is 5.91 Å². The normalized spacial score (nSPS) is 17.6. The van der Waals surface area contributed by atoms with Gasteiger partial charge in [0.15, 0.2) is 0 Å². The van der Waals surface area contributed by atoms with E-state index in [1.165, 1.54) is 12.8 Å². The summed E-state index contributed by atoms with van der Waals surface area (Å²) in [5.41, 5.74) is 6.59. The highest BCUT2D eigenvalue weighted by Crippen LogP contribution is 2.14. The van der Waals surface area contributed by atoms with Crippen LogP contribution in [0.15, 0.2) is 18.3 Å². The lowest BCUT2D eigenvalue weighted by Crippen LogP contribution is -2.32. The van der Waals surface area contributed by atoms with Crippen molar-refractivity contribution in [3.05, 3.63) is 23.9 Å². The van der Waals surface area contributed by atoms with Crippen molar-refractivity contribution in [2.24, 2.45) is 0 Å². The Kier molecular flexibility index (Phi) is 3.96. The number of carbonyl (C=O) groups is 1. The molecule has 0 aromatic carbocycles. The number of nitrogens with zero attached hydrogens (tertiary/aromatic N) is 2. The number of pyridine rings is 1. The van der Waals surface area contributed by atoms with E-state index >= 15 is 0 Å². The predicted octanol–water partition coefficient (Wildman–Crippen LogP) is 1.96. The quantitative estimate of drug-likeness (QED) is 0.849. The number of anilines is 1. The van der Waals surface area contributed by atoms with Crippen molar-refractivity contribution in [1.82, 2.24) is 9.88 Å². The Morgan fingerprint density at radius 1 is 1.24 bits per heavy atom. The van der Waals surface area contributed by atoms with E-state index < -0.39 is 0 Å². The smallest absolute Gasteiger partial charge is 0.222 e. The third-order valence-corrected chi connectivity index (χ3v) is 3.14. The number of hydrogen-bond acceptors (Lipinski definition) is 3. The Morgan fingerprint density at radius 2 is 2.06 bits per heavy atom. The van der Waals surface area contributed by atoms with Crippen LogP contribution in [0, 0.1) is 0 Å². The van der Waals surface area contributed by atoms with Gasteiger partial charge in [-0.1, -0.05) is 18.9 Å². The minimum atomic E-state index is 0.265. The maximum Gasteiger partial charge on any atom is 0.222 e. The first-order chi connectivity index (χ1) is 8.25. The van der Waals surface area contributed by atoms with E-state index in [4.69, 9.17) is 5.73 Å². The van der Waals surface area contributed by atoms with Crippen LogP contribution in [0.1, 0.15) is 37.7 Å². The molecule has 0 aliphatic carbocycles. The minimum Gasteiger partial charge on any atom is -0.384 e. The molecule has 1 aliphatic heterocycles. The molecule has 2 rings (SSSR count). The Hall–Kier alpha value is -1.58. The molecule has 4 nitrogen and oxygen atoms in total. The zero-order chi connectivity index (χ0) is 12.1. The van der Waals surface area contributed by atoms with Crippen molar-refractivity contribution < 1.29 is 4.79 Å². The van der Waals surface area contributed by atoms with Gasteiger partial charge in [-0.25, -0.2) is 4.98 Å². The SMILES string of the molecule is Nc1ccc(CN2CCCCCCC2=O)cn1. The molecule has 1 fully saturated rings. The molecular weight excluding hydrogens is 214 g/mol. The van der Waals surface area contributed by atoms with Crippen molar-refractivity contribution in [3.63, 3.8) is 0 Å². The van der Waals surface area contributed by atoms with Gasteiger partial charge in [-0.2, -0.15) is 0 Å². The summed E-state index contributed by atoms with van der Waals surface area (Å²) in [4.78, 5) is 17.9. The molecule has 2 heterocycles. The van der Waals surface area contributed by atoms with E-state index in [9.17, 15) is 4.79 Å². The van der Waals surface area contributed by atoms with Crippen LogP contribution in [0.3, 0.4) is 0 Å². The van der Waals surface area contributed by atoms with E-state index in [1.807, 2.05) is 11.0 Å². The van der Waals surface area contributed by atoms with Crippen LogP contribution in [-0.2, 0) is 11.3 Å². The van der Waals surface area contributed by atoms with Crippen LogP contribution < -0.4 is 5.73 Å². The van der Waals surface area contributed by atoms with Gasteiger partial charge in [0.25, 0.3) is 0 Å². The van der Waals surface area contributed by atoms with Crippen molar-refractivity contribution >= 4 is 11.7 Å². The van der Waals surface area contributed by atoms with Crippen LogP contribution in [0.5, 0.6) is 0 Å². The molecule has 0 bridgehead atoms. The molecule has 1 aromatic heterocycles. The lowest BCUT2D eigenvalue weighted by atomic mass is 10.1. The van der Waals surface area contributed by atoms with Gasteiger partial charge in [-0.3, -0.25) is 4.79 Å². The monoisotopic (exact) mass is 233 g/mol. The first kappa shape index (κ1) is 11.9. The standard InChI is InChI=1S/C13H19N3O/c14-12-7-6-11(9-15-12)10-16-8-4-2-1-3-5-13(16)17/h6-7,9H,1-5,8,10H2,(H2,14,15). The second-order valence-electron chi connectivity index (χ2n) is 4.57. The summed E-state index contributed by atoms with van der Waals surface area (Å²) in [6.45, 7) is 1.52. The number of hydrogen-bond donors (Lipinski definition) is 1. The summed E-state index contributed by atoms with van der Waals surface area (Å²) >= 11 is 0. The van der Waals surface area contributed by atoms with E-state index in [1.54, 1.807) is 12.3 Å². The number of likely N-dealkylation sites (tertiary alicyclic amines) is 1. The van der Waals surface area contributed by atoms with Gasteiger partial charge in [-0.15, -0.1) is 0 Å². The van der Waals surface area contributed by atoms with Crippen LogP contribution in [0.4, 0.5) is 5.82 Å². The van der Waals surface area contributed by atoms with Crippen LogP contribution in [0.25, 0.3) is 0 Å². The zero-order valence-electron chi connectivity index (χ0n) is 10.1. The second-order valence-corrected chi connectivity index (χ2v) is 4.57. The van der Waals surface area contributed by atoms with Crippen LogP contribution in [0.2, 0.25) is 0 Å². The average Bonchev–Trinajstić information content (AvgIpc) is 2.31. The molecular formula is C13H19N3O. The van der Waals surface area contributed by atoms with E-state index in [0.29, 0.717) is 18.8 Å². The summed E-state index contributed by atoms with van der Waals surface area (Å²) in [5, 5.41) is 0. The molecule has 17 heavy (non-hydrogen) atoms. The van der Waals surface area contributed by atoms with Gasteiger partial charge in [0, 0.05) is 25.7 Å². The Balaban J connectivity index is 1.99. The van der Waals surface area contributed by atoms with E-state index in [-0.39, 0.29) is 5.91 Å². The molecule has 0 spiro atoms. The molecule has 1 amide bonds. The lowest BCUT2D eigenvalue weighted by molar-refractivity contribution is -0.132. The molecule has 1 aromatic rings. The molecule has 1 aliphatic rings. The Bertz CT molecular complexity index is 375. The molecule has 0 atom stereocenters. The highest BCUT2D eigenvalue weighted by Gasteiger charge is 2.15. The Labute approximate surface area is 102 Å². The molecule has 0 saturated carbocycles. The number of aromatic nitrogens is 1. The van der Waals surface area contributed by atoms with Gasteiger partial charge in [0.05, 0.1) is 0 Å². The van der Waals surface area contributed by atoms with E-state index in [2.05, 4.69) is 4.98 Å².